The van der Waals surface area contributed by atoms with Crippen LogP contribution >= 0.6 is 15.9 Å². The predicted molar refractivity (Wildman–Crippen MR) is 95.0 cm³/mol. The van der Waals surface area contributed by atoms with Crippen LogP contribution in [0.4, 0.5) is 5.69 Å². The fourth-order valence-electron chi connectivity index (χ4n) is 3.11. The predicted octanol–water partition coefficient (Wildman–Crippen LogP) is 3.34. The summed E-state index contributed by atoms with van der Waals surface area (Å²) in [7, 11) is 4.37. The van der Waals surface area contributed by atoms with Gasteiger partial charge in [0.05, 0.1) is 0 Å². The first-order valence-corrected chi connectivity index (χ1v) is 8.72. The van der Waals surface area contributed by atoms with Crippen molar-refractivity contribution in [2.45, 2.75) is 32.9 Å². The fourth-order valence-corrected chi connectivity index (χ4v) is 3.62. The number of anilines is 1. The van der Waals surface area contributed by atoms with E-state index >= 15 is 0 Å². The highest BCUT2D eigenvalue weighted by molar-refractivity contribution is 9.10. The van der Waals surface area contributed by atoms with E-state index in [1.165, 1.54) is 22.1 Å². The molecule has 1 fully saturated rings. The molecule has 1 aromatic carbocycles. The van der Waals surface area contributed by atoms with Crippen molar-refractivity contribution in [1.82, 2.24) is 10.2 Å². The molecule has 0 spiro atoms. The van der Waals surface area contributed by atoms with Crippen LogP contribution in [-0.2, 0) is 6.54 Å². The van der Waals surface area contributed by atoms with Gasteiger partial charge in [0.15, 0.2) is 0 Å². The molecule has 2 rings (SSSR count). The summed E-state index contributed by atoms with van der Waals surface area (Å²) in [6.45, 7) is 8.81. The van der Waals surface area contributed by atoms with E-state index < -0.39 is 0 Å². The molecule has 118 valence electrons. The van der Waals surface area contributed by atoms with E-state index in [4.69, 9.17) is 0 Å². The second kappa shape index (κ2) is 7.61. The maximum atomic E-state index is 3.73. The molecule has 0 amide bonds. The summed E-state index contributed by atoms with van der Waals surface area (Å²) < 4.78 is 1.21. The Labute approximate surface area is 137 Å². The fraction of sp³-hybridized carbons (Fsp3) is 0.647. The van der Waals surface area contributed by atoms with E-state index in [0.717, 1.165) is 26.2 Å². The van der Waals surface area contributed by atoms with Gasteiger partial charge in [0.2, 0.25) is 0 Å². The lowest BCUT2D eigenvalue weighted by molar-refractivity contribution is 0.266. The van der Waals surface area contributed by atoms with Gasteiger partial charge in [-0.25, -0.2) is 0 Å². The number of rotatable bonds is 6. The smallest absolute Gasteiger partial charge is 0.0378 e. The van der Waals surface area contributed by atoms with Crippen molar-refractivity contribution < 1.29 is 0 Å². The van der Waals surface area contributed by atoms with Gasteiger partial charge in [-0.2, -0.15) is 0 Å². The zero-order valence-corrected chi connectivity index (χ0v) is 15.3. The van der Waals surface area contributed by atoms with E-state index in [1.807, 2.05) is 0 Å². The monoisotopic (exact) mass is 353 g/mol. The molecule has 1 heterocycles. The molecule has 1 aromatic rings. The van der Waals surface area contributed by atoms with Gasteiger partial charge in [-0.05, 0) is 50.7 Å². The zero-order valence-electron chi connectivity index (χ0n) is 13.7. The van der Waals surface area contributed by atoms with Crippen molar-refractivity contribution >= 4 is 21.6 Å². The second-order valence-electron chi connectivity index (χ2n) is 6.37. The van der Waals surface area contributed by atoms with Crippen LogP contribution < -0.4 is 10.2 Å². The van der Waals surface area contributed by atoms with Crippen LogP contribution in [0.3, 0.4) is 0 Å². The van der Waals surface area contributed by atoms with E-state index in [1.54, 1.807) is 0 Å². The molecule has 1 aliphatic heterocycles. The van der Waals surface area contributed by atoms with E-state index in [-0.39, 0.29) is 0 Å². The molecule has 1 N–H and O–H groups in total. The summed E-state index contributed by atoms with van der Waals surface area (Å²) in [6, 6.07) is 7.43. The van der Waals surface area contributed by atoms with Gasteiger partial charge in [-0.1, -0.05) is 35.8 Å². The van der Waals surface area contributed by atoms with Gasteiger partial charge >= 0.3 is 0 Å². The number of hydrogen-bond donors (Lipinski definition) is 1. The molecule has 0 saturated carbocycles. The normalized spacial score (nSPS) is 22.3. The summed E-state index contributed by atoms with van der Waals surface area (Å²) in [6.07, 6.45) is 1.17. The molecular formula is C17H28BrN3. The highest BCUT2D eigenvalue weighted by Gasteiger charge is 2.31. The molecule has 1 aliphatic rings. The molecule has 0 bridgehead atoms. The van der Waals surface area contributed by atoms with Crippen LogP contribution in [0.1, 0.15) is 25.8 Å². The molecule has 0 aliphatic carbocycles. The third kappa shape index (κ3) is 4.21. The van der Waals surface area contributed by atoms with Gasteiger partial charge in [-0.3, -0.25) is 0 Å². The first-order chi connectivity index (χ1) is 10.0. The molecular weight excluding hydrogens is 326 g/mol. The second-order valence-corrected chi connectivity index (χ2v) is 7.22. The summed E-state index contributed by atoms with van der Waals surface area (Å²) in [5.41, 5.74) is 2.67. The molecule has 2 atom stereocenters. The summed E-state index contributed by atoms with van der Waals surface area (Å²) in [5.74, 6) is 0.713. The number of nitrogens with one attached hydrogen (secondary N) is 1. The van der Waals surface area contributed by atoms with Crippen LogP contribution in [0, 0.1) is 5.92 Å². The van der Waals surface area contributed by atoms with Crippen molar-refractivity contribution in [3.05, 3.63) is 28.2 Å². The minimum Gasteiger partial charge on any atom is -0.370 e. The quantitative estimate of drug-likeness (QED) is 0.791. The SMILES string of the molecule is CCCNCc1ccc(N2CC(C)C(N(C)C)C2)cc1Br. The summed E-state index contributed by atoms with van der Waals surface area (Å²) in [4.78, 5) is 4.85. The molecule has 0 aromatic heterocycles. The Morgan fingerprint density at radius 3 is 2.67 bits per heavy atom. The largest absolute Gasteiger partial charge is 0.370 e. The van der Waals surface area contributed by atoms with Gasteiger partial charge < -0.3 is 15.1 Å². The van der Waals surface area contributed by atoms with Crippen molar-refractivity contribution in [1.29, 1.82) is 0 Å². The van der Waals surface area contributed by atoms with Crippen molar-refractivity contribution in [3.8, 4) is 0 Å². The molecule has 4 heteroatoms. The third-order valence-electron chi connectivity index (χ3n) is 4.38. The maximum Gasteiger partial charge on any atom is 0.0378 e. The van der Waals surface area contributed by atoms with E-state index in [9.17, 15) is 0 Å². The molecule has 1 saturated heterocycles. The minimum atomic E-state index is 0.648. The number of halogens is 1. The lowest BCUT2D eigenvalue weighted by atomic mass is 10.1. The number of benzene rings is 1. The van der Waals surface area contributed by atoms with Crippen LogP contribution in [0.5, 0.6) is 0 Å². The number of hydrogen-bond acceptors (Lipinski definition) is 3. The Hall–Kier alpha value is -0.580. The Bertz CT molecular complexity index is 461. The average molecular weight is 354 g/mol. The summed E-state index contributed by atoms with van der Waals surface area (Å²) >= 11 is 3.73. The topological polar surface area (TPSA) is 18.5 Å². The highest BCUT2D eigenvalue weighted by Crippen LogP contribution is 2.29. The number of nitrogens with zero attached hydrogens (tertiary/aromatic N) is 2. The molecule has 2 unspecified atom stereocenters. The highest BCUT2D eigenvalue weighted by atomic mass is 79.9. The lowest BCUT2D eigenvalue weighted by Gasteiger charge is -2.23. The molecule has 3 nitrogen and oxygen atoms in total. The van der Waals surface area contributed by atoms with E-state index in [2.05, 4.69) is 77.2 Å². The Kier molecular flexibility index (Phi) is 6.08. The van der Waals surface area contributed by atoms with Crippen molar-refractivity contribution in [3.63, 3.8) is 0 Å². The van der Waals surface area contributed by atoms with Crippen LogP contribution in [0.2, 0.25) is 0 Å². The maximum absolute atomic E-state index is 3.73. The van der Waals surface area contributed by atoms with Crippen molar-refractivity contribution in [2.24, 2.45) is 5.92 Å². The standard InChI is InChI=1S/C17H28BrN3/c1-5-8-19-10-14-6-7-15(9-16(14)18)21-11-13(2)17(12-21)20(3)4/h6-7,9,13,17,19H,5,8,10-12H2,1-4H3. The van der Waals surface area contributed by atoms with Crippen molar-refractivity contribution in [2.75, 3.05) is 38.6 Å². The van der Waals surface area contributed by atoms with Gasteiger partial charge in [0, 0.05) is 35.8 Å². The summed E-state index contributed by atoms with van der Waals surface area (Å²) in [5, 5.41) is 3.46. The number of likely N-dealkylation sites (N-methyl/N-ethyl adjacent to an activating group) is 1. The third-order valence-corrected chi connectivity index (χ3v) is 5.12. The van der Waals surface area contributed by atoms with E-state index in [0.29, 0.717) is 12.0 Å². The Morgan fingerprint density at radius 1 is 1.33 bits per heavy atom. The van der Waals surface area contributed by atoms with Crippen LogP contribution in [0.25, 0.3) is 0 Å². The van der Waals surface area contributed by atoms with Gasteiger partial charge in [0.1, 0.15) is 0 Å². The lowest BCUT2D eigenvalue weighted by Crippen LogP contribution is -2.34. The molecule has 21 heavy (non-hydrogen) atoms. The van der Waals surface area contributed by atoms with Crippen LogP contribution in [-0.4, -0.2) is 44.7 Å². The Morgan fingerprint density at radius 2 is 2.10 bits per heavy atom. The molecule has 0 radical (unpaired) electrons. The van der Waals surface area contributed by atoms with Gasteiger partial charge in [0.25, 0.3) is 0 Å². The zero-order chi connectivity index (χ0) is 15.4. The average Bonchev–Trinajstić information content (AvgIpc) is 2.83. The van der Waals surface area contributed by atoms with Gasteiger partial charge in [-0.15, -0.1) is 0 Å². The Balaban J connectivity index is 2.03. The van der Waals surface area contributed by atoms with Crippen LogP contribution in [0.15, 0.2) is 22.7 Å². The minimum absolute atomic E-state index is 0.648. The first-order valence-electron chi connectivity index (χ1n) is 7.93. The first kappa shape index (κ1) is 16.8.